The third-order valence-electron chi connectivity index (χ3n) is 4.35. The summed E-state index contributed by atoms with van der Waals surface area (Å²) >= 11 is 0. The highest BCUT2D eigenvalue weighted by Crippen LogP contribution is 2.34. The number of methoxy groups -OCH3 is 1. The number of carbonyl (C=O) groups is 1. The molecule has 0 unspecified atom stereocenters. The van der Waals surface area contributed by atoms with E-state index in [2.05, 4.69) is 31.1 Å². The summed E-state index contributed by atoms with van der Waals surface area (Å²) in [6.45, 7) is 0. The molecule has 0 N–H and O–H groups in total. The van der Waals surface area contributed by atoms with Gasteiger partial charge in [-0.05, 0) is 51.1 Å². The zero-order valence-corrected chi connectivity index (χ0v) is 12.1. The number of carbonyl (C=O) groups excluding carboxylic acids is 1. The van der Waals surface area contributed by atoms with Gasteiger partial charge in [0.2, 0.25) is 0 Å². The van der Waals surface area contributed by atoms with Crippen LogP contribution in [0.25, 0.3) is 0 Å². The van der Waals surface area contributed by atoms with Crippen molar-refractivity contribution in [1.29, 1.82) is 0 Å². The number of hydrogen-bond donors (Lipinski definition) is 0. The van der Waals surface area contributed by atoms with Crippen LogP contribution in [-0.2, 0) is 11.2 Å². The van der Waals surface area contributed by atoms with E-state index in [-0.39, 0.29) is 5.54 Å². The van der Waals surface area contributed by atoms with Crippen LogP contribution >= 0.6 is 0 Å². The van der Waals surface area contributed by atoms with Crippen molar-refractivity contribution >= 4 is 5.78 Å². The Labute approximate surface area is 115 Å². The third-order valence-corrected chi connectivity index (χ3v) is 4.35. The fourth-order valence-corrected chi connectivity index (χ4v) is 2.94. The predicted molar refractivity (Wildman–Crippen MR) is 76.6 cm³/mol. The van der Waals surface area contributed by atoms with Crippen LogP contribution in [0.5, 0.6) is 5.75 Å². The van der Waals surface area contributed by atoms with Gasteiger partial charge in [0.15, 0.2) is 0 Å². The van der Waals surface area contributed by atoms with Crippen LogP contribution in [0.2, 0.25) is 0 Å². The Kier molecular flexibility index (Phi) is 4.25. The van der Waals surface area contributed by atoms with Crippen molar-refractivity contribution in [2.75, 3.05) is 21.2 Å². The van der Waals surface area contributed by atoms with Gasteiger partial charge in [-0.2, -0.15) is 0 Å². The number of benzene rings is 1. The van der Waals surface area contributed by atoms with Gasteiger partial charge in [0.1, 0.15) is 11.5 Å². The molecule has 0 atom stereocenters. The number of likely N-dealkylation sites (N-methyl/N-ethyl adjacent to an activating group) is 1. The first kappa shape index (κ1) is 14.1. The standard InChI is InChI=1S/C16H23NO2/c1-17(2)16(9-7-14(18)8-10-16)12-13-5-4-6-15(11-13)19-3/h4-6,11H,7-10,12H2,1-3H3. The molecule has 0 bridgehead atoms. The lowest BCUT2D eigenvalue weighted by Crippen LogP contribution is -2.48. The van der Waals surface area contributed by atoms with Gasteiger partial charge < -0.3 is 9.64 Å². The van der Waals surface area contributed by atoms with E-state index in [0.717, 1.165) is 25.0 Å². The van der Waals surface area contributed by atoms with E-state index < -0.39 is 0 Å². The van der Waals surface area contributed by atoms with E-state index in [1.165, 1.54) is 5.56 Å². The average molecular weight is 261 g/mol. The van der Waals surface area contributed by atoms with Crippen molar-refractivity contribution in [3.8, 4) is 5.75 Å². The van der Waals surface area contributed by atoms with Crippen LogP contribution < -0.4 is 4.74 Å². The largest absolute Gasteiger partial charge is 0.497 e. The van der Waals surface area contributed by atoms with Crippen molar-refractivity contribution in [2.45, 2.75) is 37.6 Å². The Hall–Kier alpha value is -1.35. The Morgan fingerprint density at radius 3 is 2.53 bits per heavy atom. The summed E-state index contributed by atoms with van der Waals surface area (Å²) in [5.74, 6) is 1.31. The monoisotopic (exact) mass is 261 g/mol. The van der Waals surface area contributed by atoms with Crippen molar-refractivity contribution in [1.82, 2.24) is 4.90 Å². The highest BCUT2D eigenvalue weighted by Gasteiger charge is 2.36. The van der Waals surface area contributed by atoms with Crippen LogP contribution in [-0.4, -0.2) is 37.4 Å². The summed E-state index contributed by atoms with van der Waals surface area (Å²) in [5.41, 5.74) is 1.39. The second-order valence-electron chi connectivity index (χ2n) is 5.69. The van der Waals surface area contributed by atoms with Crippen LogP contribution in [0.15, 0.2) is 24.3 Å². The molecule has 1 saturated carbocycles. The topological polar surface area (TPSA) is 29.5 Å². The molecule has 0 aliphatic heterocycles. The van der Waals surface area contributed by atoms with Gasteiger partial charge in [-0.3, -0.25) is 4.79 Å². The molecule has 1 aliphatic carbocycles. The van der Waals surface area contributed by atoms with Crippen molar-refractivity contribution in [3.05, 3.63) is 29.8 Å². The minimum absolute atomic E-state index is 0.111. The predicted octanol–water partition coefficient (Wildman–Crippen LogP) is 2.68. The second-order valence-corrected chi connectivity index (χ2v) is 5.69. The lowest BCUT2D eigenvalue weighted by Gasteiger charge is -2.43. The molecule has 0 saturated heterocycles. The van der Waals surface area contributed by atoms with Gasteiger partial charge >= 0.3 is 0 Å². The summed E-state index contributed by atoms with van der Waals surface area (Å²) in [5, 5.41) is 0. The number of rotatable bonds is 4. The summed E-state index contributed by atoms with van der Waals surface area (Å²) < 4.78 is 5.29. The normalized spacial score (nSPS) is 18.6. The maximum atomic E-state index is 11.5. The average Bonchev–Trinajstić information content (AvgIpc) is 2.41. The third kappa shape index (κ3) is 3.16. The van der Waals surface area contributed by atoms with Crippen molar-refractivity contribution in [3.63, 3.8) is 0 Å². The number of nitrogens with zero attached hydrogens (tertiary/aromatic N) is 1. The molecule has 1 aliphatic rings. The quantitative estimate of drug-likeness (QED) is 0.834. The molecule has 2 rings (SSSR count). The second kappa shape index (κ2) is 5.74. The molecular formula is C16H23NO2. The number of ether oxygens (including phenoxy) is 1. The van der Waals surface area contributed by atoms with E-state index in [1.54, 1.807) is 7.11 Å². The Morgan fingerprint density at radius 1 is 1.26 bits per heavy atom. The van der Waals surface area contributed by atoms with Gasteiger partial charge in [-0.25, -0.2) is 0 Å². The van der Waals surface area contributed by atoms with E-state index in [9.17, 15) is 4.79 Å². The van der Waals surface area contributed by atoms with Crippen molar-refractivity contribution in [2.24, 2.45) is 0 Å². The maximum Gasteiger partial charge on any atom is 0.133 e. The van der Waals surface area contributed by atoms with Crippen LogP contribution in [0.1, 0.15) is 31.2 Å². The zero-order chi connectivity index (χ0) is 13.9. The molecule has 3 heteroatoms. The van der Waals surface area contributed by atoms with Gasteiger partial charge in [-0.15, -0.1) is 0 Å². The van der Waals surface area contributed by atoms with E-state index >= 15 is 0 Å². The van der Waals surface area contributed by atoms with E-state index in [0.29, 0.717) is 18.6 Å². The van der Waals surface area contributed by atoms with Gasteiger partial charge in [0.25, 0.3) is 0 Å². The lowest BCUT2D eigenvalue weighted by atomic mass is 9.76. The van der Waals surface area contributed by atoms with Gasteiger partial charge in [0, 0.05) is 18.4 Å². The summed E-state index contributed by atoms with van der Waals surface area (Å²) in [6, 6.07) is 8.24. The number of ketones is 1. The first-order chi connectivity index (χ1) is 9.05. The van der Waals surface area contributed by atoms with Crippen LogP contribution in [0.3, 0.4) is 0 Å². The molecule has 0 spiro atoms. The molecule has 1 fully saturated rings. The van der Waals surface area contributed by atoms with Crippen molar-refractivity contribution < 1.29 is 9.53 Å². The molecule has 0 heterocycles. The molecule has 0 amide bonds. The highest BCUT2D eigenvalue weighted by molar-refractivity contribution is 5.79. The smallest absolute Gasteiger partial charge is 0.133 e. The molecule has 1 aromatic carbocycles. The maximum absolute atomic E-state index is 11.5. The zero-order valence-electron chi connectivity index (χ0n) is 12.1. The fraction of sp³-hybridized carbons (Fsp3) is 0.562. The molecule has 1 aromatic rings. The fourth-order valence-electron chi connectivity index (χ4n) is 2.94. The van der Waals surface area contributed by atoms with E-state index in [1.807, 2.05) is 12.1 Å². The first-order valence-electron chi connectivity index (χ1n) is 6.88. The summed E-state index contributed by atoms with van der Waals surface area (Å²) in [6.07, 6.45) is 4.31. The van der Waals surface area contributed by atoms with E-state index in [4.69, 9.17) is 4.74 Å². The Bertz CT molecular complexity index is 444. The first-order valence-corrected chi connectivity index (χ1v) is 6.88. The summed E-state index contributed by atoms with van der Waals surface area (Å²) in [4.78, 5) is 13.8. The molecule has 3 nitrogen and oxygen atoms in total. The number of hydrogen-bond acceptors (Lipinski definition) is 3. The highest BCUT2D eigenvalue weighted by atomic mass is 16.5. The summed E-state index contributed by atoms with van der Waals surface area (Å²) in [7, 11) is 5.94. The minimum atomic E-state index is 0.111. The lowest BCUT2D eigenvalue weighted by molar-refractivity contribution is -0.122. The molecular weight excluding hydrogens is 238 g/mol. The Balaban J connectivity index is 2.18. The van der Waals surface area contributed by atoms with Gasteiger partial charge in [-0.1, -0.05) is 12.1 Å². The molecule has 104 valence electrons. The minimum Gasteiger partial charge on any atom is -0.497 e. The molecule has 19 heavy (non-hydrogen) atoms. The van der Waals surface area contributed by atoms with Crippen LogP contribution in [0.4, 0.5) is 0 Å². The van der Waals surface area contributed by atoms with Crippen LogP contribution in [0, 0.1) is 0 Å². The van der Waals surface area contributed by atoms with Gasteiger partial charge in [0.05, 0.1) is 7.11 Å². The number of Topliss-reactive ketones (excluding diaryl/α,β-unsaturated/α-hetero) is 1. The molecule has 0 aromatic heterocycles. The molecule has 0 radical (unpaired) electrons. The SMILES string of the molecule is COc1cccc(CC2(N(C)C)CCC(=O)CC2)c1. The Morgan fingerprint density at radius 2 is 1.95 bits per heavy atom.